The van der Waals surface area contributed by atoms with Crippen molar-refractivity contribution in [1.29, 1.82) is 0 Å². The molecule has 0 amide bonds. The molecule has 78 valence electrons. The minimum absolute atomic E-state index is 0.0988. The van der Waals surface area contributed by atoms with E-state index in [2.05, 4.69) is 34.0 Å². The van der Waals surface area contributed by atoms with Crippen molar-refractivity contribution in [3.05, 3.63) is 28.5 Å². The van der Waals surface area contributed by atoms with Crippen LogP contribution in [-0.2, 0) is 0 Å². The van der Waals surface area contributed by atoms with Gasteiger partial charge in [0.05, 0.1) is 6.21 Å². The number of rotatable bonds is 4. The molecule has 0 saturated heterocycles. The average Bonchev–Trinajstić information content (AvgIpc) is 2.66. The van der Waals surface area contributed by atoms with Gasteiger partial charge in [-0.3, -0.25) is 0 Å². The lowest BCUT2D eigenvalue weighted by atomic mass is 10.4. The molecule has 0 saturated carbocycles. The number of hydrogen-bond acceptors (Lipinski definition) is 4. The molecule has 0 atom stereocenters. The quantitative estimate of drug-likeness (QED) is 0.456. The van der Waals surface area contributed by atoms with E-state index in [4.69, 9.17) is 5.73 Å². The Balaban J connectivity index is 2.61. The van der Waals surface area contributed by atoms with Crippen LogP contribution in [0, 0.1) is 0 Å². The van der Waals surface area contributed by atoms with Crippen LogP contribution in [0.1, 0.15) is 9.75 Å². The summed E-state index contributed by atoms with van der Waals surface area (Å²) in [6.07, 6.45) is 3.39. The Kier molecular flexibility index (Phi) is 4.24. The van der Waals surface area contributed by atoms with Crippen LogP contribution in [0.15, 0.2) is 34.0 Å². The lowest BCUT2D eigenvalue weighted by Gasteiger charge is -1.91. The lowest BCUT2D eigenvalue weighted by molar-refractivity contribution is 0.999. The summed E-state index contributed by atoms with van der Waals surface area (Å²) in [6.45, 7) is 6.86. The van der Waals surface area contributed by atoms with Gasteiger partial charge in [-0.1, -0.05) is 12.7 Å². The molecule has 1 aromatic heterocycles. The summed E-state index contributed by atoms with van der Waals surface area (Å²) in [7, 11) is 0. The maximum absolute atomic E-state index is 5.36. The number of nitrogens with one attached hydrogen (secondary N) is 1. The smallest absolute Gasteiger partial charge is 0.234 e. The largest absolute Gasteiger partial charge is 0.367 e. The van der Waals surface area contributed by atoms with Gasteiger partial charge in [0, 0.05) is 16.5 Å². The van der Waals surface area contributed by atoms with Crippen LogP contribution in [-0.4, -0.2) is 18.9 Å². The van der Waals surface area contributed by atoms with Crippen LogP contribution in [0.3, 0.4) is 0 Å². The highest BCUT2D eigenvalue weighted by molar-refractivity contribution is 7.14. The number of thiophene rings is 1. The molecule has 0 aliphatic rings. The average molecular weight is 221 g/mol. The summed E-state index contributed by atoms with van der Waals surface area (Å²) in [4.78, 5) is 2.06. The molecule has 0 aliphatic heterocycles. The fourth-order valence-corrected chi connectivity index (χ4v) is 1.53. The first-order valence-corrected chi connectivity index (χ1v) is 4.88. The molecule has 1 aromatic rings. The van der Waals surface area contributed by atoms with Crippen molar-refractivity contribution < 1.29 is 0 Å². The molecule has 0 fully saturated rings. The van der Waals surface area contributed by atoms with Gasteiger partial charge in [-0.2, -0.15) is 10.2 Å². The molecule has 6 heteroatoms. The fraction of sp³-hybridized carbons (Fsp3) is 0. The van der Waals surface area contributed by atoms with Crippen molar-refractivity contribution in [3.63, 3.8) is 0 Å². The minimum atomic E-state index is 0.0988. The fourth-order valence-electron chi connectivity index (χ4n) is 0.799. The molecule has 1 rings (SSSR count). The van der Waals surface area contributed by atoms with E-state index < -0.39 is 0 Å². The third-order valence-electron chi connectivity index (χ3n) is 1.39. The molecule has 0 bridgehead atoms. The molecular formula is C9H11N5S. The lowest BCUT2D eigenvalue weighted by Crippen LogP contribution is -2.26. The molecule has 5 nitrogen and oxygen atoms in total. The van der Waals surface area contributed by atoms with Gasteiger partial charge in [0.25, 0.3) is 0 Å². The van der Waals surface area contributed by atoms with Gasteiger partial charge in [-0.25, -0.2) is 5.43 Å². The normalized spacial score (nSPS) is 11.6. The van der Waals surface area contributed by atoms with Gasteiger partial charge in [0.15, 0.2) is 0 Å². The Hall–Kier alpha value is -1.95. The second-order valence-corrected chi connectivity index (χ2v) is 3.59. The zero-order chi connectivity index (χ0) is 11.1. The third-order valence-corrected chi connectivity index (χ3v) is 2.41. The van der Waals surface area contributed by atoms with Crippen LogP contribution >= 0.6 is 11.3 Å². The first-order chi connectivity index (χ1) is 7.26. The number of guanidine groups is 1. The summed E-state index contributed by atoms with van der Waals surface area (Å²) in [5.74, 6) is 0.0988. The summed E-state index contributed by atoms with van der Waals surface area (Å²) in [6, 6.07) is 3.88. The van der Waals surface area contributed by atoms with E-state index >= 15 is 0 Å². The van der Waals surface area contributed by atoms with Crippen molar-refractivity contribution in [1.82, 2.24) is 5.43 Å². The predicted octanol–water partition coefficient (Wildman–Crippen LogP) is 1.24. The van der Waals surface area contributed by atoms with E-state index in [-0.39, 0.29) is 5.96 Å². The maximum atomic E-state index is 5.36. The number of nitrogens with zero attached hydrogens (tertiary/aromatic N) is 3. The SMILES string of the molecule is C=Cc1ccc(C=N/N=C(\N)NN=C)s1. The molecule has 15 heavy (non-hydrogen) atoms. The number of hydrazone groups is 1. The summed E-state index contributed by atoms with van der Waals surface area (Å²) < 4.78 is 0. The first kappa shape index (κ1) is 11.1. The van der Waals surface area contributed by atoms with Gasteiger partial charge >= 0.3 is 0 Å². The number of hydrogen-bond donors (Lipinski definition) is 2. The van der Waals surface area contributed by atoms with E-state index in [9.17, 15) is 0 Å². The Bertz CT molecular complexity index is 404. The Morgan fingerprint density at radius 1 is 1.47 bits per heavy atom. The van der Waals surface area contributed by atoms with E-state index in [1.807, 2.05) is 12.1 Å². The van der Waals surface area contributed by atoms with E-state index in [0.29, 0.717) is 0 Å². The van der Waals surface area contributed by atoms with Crippen LogP contribution in [0.2, 0.25) is 0 Å². The predicted molar refractivity (Wildman–Crippen MR) is 66.3 cm³/mol. The van der Waals surface area contributed by atoms with Crippen molar-refractivity contribution in [3.8, 4) is 0 Å². The van der Waals surface area contributed by atoms with Crippen LogP contribution in [0.25, 0.3) is 6.08 Å². The van der Waals surface area contributed by atoms with Gasteiger partial charge in [-0.05, 0) is 12.1 Å². The Morgan fingerprint density at radius 2 is 2.20 bits per heavy atom. The minimum Gasteiger partial charge on any atom is -0.367 e. The van der Waals surface area contributed by atoms with Crippen molar-refractivity contribution in [2.45, 2.75) is 0 Å². The first-order valence-electron chi connectivity index (χ1n) is 4.06. The van der Waals surface area contributed by atoms with E-state index in [1.54, 1.807) is 23.6 Å². The Labute approximate surface area is 91.7 Å². The molecule has 0 spiro atoms. The molecule has 3 N–H and O–H groups in total. The summed E-state index contributed by atoms with van der Waals surface area (Å²) in [5, 5.41) is 10.8. The van der Waals surface area contributed by atoms with Gasteiger partial charge < -0.3 is 5.73 Å². The molecule has 0 radical (unpaired) electrons. The van der Waals surface area contributed by atoms with Gasteiger partial charge in [0.1, 0.15) is 0 Å². The topological polar surface area (TPSA) is 75.1 Å². The zero-order valence-corrected chi connectivity index (χ0v) is 8.87. The van der Waals surface area contributed by atoms with Crippen LogP contribution in [0.4, 0.5) is 0 Å². The van der Waals surface area contributed by atoms with Crippen LogP contribution in [0.5, 0.6) is 0 Å². The summed E-state index contributed by atoms with van der Waals surface area (Å²) >= 11 is 1.56. The molecule has 0 aliphatic carbocycles. The number of nitrogens with two attached hydrogens (primary N) is 1. The van der Waals surface area contributed by atoms with Crippen molar-refractivity contribution in [2.24, 2.45) is 21.0 Å². The van der Waals surface area contributed by atoms with Gasteiger partial charge in [-0.15, -0.1) is 16.4 Å². The maximum Gasteiger partial charge on any atom is 0.234 e. The zero-order valence-electron chi connectivity index (χ0n) is 8.05. The second-order valence-electron chi connectivity index (χ2n) is 2.44. The molecular weight excluding hydrogens is 210 g/mol. The van der Waals surface area contributed by atoms with E-state index in [0.717, 1.165) is 9.75 Å². The van der Waals surface area contributed by atoms with Crippen molar-refractivity contribution >= 4 is 36.3 Å². The monoisotopic (exact) mass is 221 g/mol. The highest BCUT2D eigenvalue weighted by Gasteiger charge is 1.92. The molecule has 1 heterocycles. The second kappa shape index (κ2) is 5.71. The standard InChI is InChI=1S/C9H11N5S/c1-3-7-4-5-8(15-7)6-12-14-9(10)13-11-2/h3-6H,1-2H2,(H3,10,13,14). The van der Waals surface area contributed by atoms with E-state index in [1.165, 1.54) is 0 Å². The Morgan fingerprint density at radius 3 is 2.80 bits per heavy atom. The molecule has 0 unspecified atom stereocenters. The van der Waals surface area contributed by atoms with Crippen LogP contribution < -0.4 is 11.2 Å². The van der Waals surface area contributed by atoms with Crippen molar-refractivity contribution in [2.75, 3.05) is 0 Å². The molecule has 0 aromatic carbocycles. The van der Waals surface area contributed by atoms with Gasteiger partial charge in [0.2, 0.25) is 5.96 Å². The third kappa shape index (κ3) is 3.74. The summed E-state index contributed by atoms with van der Waals surface area (Å²) in [5.41, 5.74) is 7.72. The highest BCUT2D eigenvalue weighted by Crippen LogP contribution is 2.15. The highest BCUT2D eigenvalue weighted by atomic mass is 32.1.